The molecule has 0 aromatic carbocycles. The summed E-state index contributed by atoms with van der Waals surface area (Å²) >= 11 is 0. The normalized spacial score (nSPS) is 9.44. The SMILES string of the molecule is Cc1nnn(C(=O)O)n1. The van der Waals surface area contributed by atoms with E-state index in [0.29, 0.717) is 10.6 Å². The molecular weight excluding hydrogens is 124 g/mol. The first-order valence-corrected chi connectivity index (χ1v) is 2.20. The fraction of sp³-hybridized carbons (Fsp3) is 0.333. The average Bonchev–Trinajstić information content (AvgIpc) is 2.14. The minimum Gasteiger partial charge on any atom is -0.462 e. The summed E-state index contributed by atoms with van der Waals surface area (Å²) in [4.78, 5) is 10.5. The maximum atomic E-state index is 10.0. The van der Waals surface area contributed by atoms with Crippen molar-refractivity contribution in [1.29, 1.82) is 0 Å². The van der Waals surface area contributed by atoms with E-state index >= 15 is 0 Å². The highest BCUT2D eigenvalue weighted by atomic mass is 16.4. The van der Waals surface area contributed by atoms with E-state index in [1.54, 1.807) is 6.92 Å². The summed E-state index contributed by atoms with van der Waals surface area (Å²) in [5, 5.41) is 18.1. The highest BCUT2D eigenvalue weighted by Gasteiger charge is 2.02. The highest BCUT2D eigenvalue weighted by Crippen LogP contribution is 1.79. The molecule has 0 atom stereocenters. The van der Waals surface area contributed by atoms with Crippen molar-refractivity contribution < 1.29 is 9.90 Å². The monoisotopic (exact) mass is 128 g/mol. The Hall–Kier alpha value is -1.46. The minimum absolute atomic E-state index is 0.345. The maximum Gasteiger partial charge on any atom is 0.451 e. The molecule has 1 N–H and O–H groups in total. The van der Waals surface area contributed by atoms with E-state index in [2.05, 4.69) is 15.4 Å². The quantitative estimate of drug-likeness (QED) is 0.509. The van der Waals surface area contributed by atoms with Crippen LogP contribution >= 0.6 is 0 Å². The lowest BCUT2D eigenvalue weighted by Crippen LogP contribution is -2.11. The Morgan fingerprint density at radius 2 is 2.44 bits per heavy atom. The molecule has 0 bridgehead atoms. The van der Waals surface area contributed by atoms with Crippen molar-refractivity contribution in [1.82, 2.24) is 20.2 Å². The zero-order chi connectivity index (χ0) is 6.85. The number of tetrazole rings is 1. The molecule has 6 nitrogen and oxygen atoms in total. The van der Waals surface area contributed by atoms with E-state index in [1.165, 1.54) is 0 Å². The number of nitrogens with zero attached hydrogens (tertiary/aromatic N) is 4. The predicted octanol–water partition coefficient (Wildman–Crippen LogP) is -0.492. The second kappa shape index (κ2) is 1.81. The van der Waals surface area contributed by atoms with Crippen molar-refractivity contribution in [2.24, 2.45) is 0 Å². The summed E-state index contributed by atoms with van der Waals surface area (Å²) in [5.74, 6) is 0.345. The third-order valence-corrected chi connectivity index (χ3v) is 0.685. The lowest BCUT2D eigenvalue weighted by molar-refractivity contribution is 0.187. The second-order valence-electron chi connectivity index (χ2n) is 1.41. The van der Waals surface area contributed by atoms with E-state index in [0.717, 1.165) is 0 Å². The van der Waals surface area contributed by atoms with E-state index in [1.807, 2.05) is 0 Å². The van der Waals surface area contributed by atoms with Crippen molar-refractivity contribution in [3.8, 4) is 0 Å². The Balaban J connectivity index is 2.98. The predicted molar refractivity (Wildman–Crippen MR) is 26.0 cm³/mol. The molecule has 0 aliphatic rings. The van der Waals surface area contributed by atoms with Crippen LogP contribution in [0.1, 0.15) is 5.82 Å². The number of carboxylic acid groups (broad SMARTS) is 1. The molecule has 0 aliphatic heterocycles. The van der Waals surface area contributed by atoms with Gasteiger partial charge >= 0.3 is 6.09 Å². The lowest BCUT2D eigenvalue weighted by atomic mass is 10.8. The molecule has 0 saturated carbocycles. The number of aryl methyl sites for hydroxylation is 1. The van der Waals surface area contributed by atoms with Crippen LogP contribution in [0.15, 0.2) is 0 Å². The number of rotatable bonds is 0. The molecule has 0 radical (unpaired) electrons. The third kappa shape index (κ3) is 1.01. The van der Waals surface area contributed by atoms with Gasteiger partial charge in [0.2, 0.25) is 0 Å². The van der Waals surface area contributed by atoms with Gasteiger partial charge in [0.15, 0.2) is 5.82 Å². The van der Waals surface area contributed by atoms with E-state index in [4.69, 9.17) is 5.11 Å². The number of hydrogen-bond acceptors (Lipinski definition) is 4. The first-order chi connectivity index (χ1) is 4.20. The van der Waals surface area contributed by atoms with Crippen molar-refractivity contribution in [2.75, 3.05) is 0 Å². The molecule has 0 saturated heterocycles. The first-order valence-electron chi connectivity index (χ1n) is 2.20. The van der Waals surface area contributed by atoms with E-state index in [-0.39, 0.29) is 0 Å². The van der Waals surface area contributed by atoms with Gasteiger partial charge in [0.05, 0.1) is 0 Å². The van der Waals surface area contributed by atoms with Crippen LogP contribution in [0.2, 0.25) is 0 Å². The zero-order valence-electron chi connectivity index (χ0n) is 4.64. The van der Waals surface area contributed by atoms with Crippen LogP contribution < -0.4 is 0 Å². The summed E-state index contributed by atoms with van der Waals surface area (Å²) < 4.78 is 0. The summed E-state index contributed by atoms with van der Waals surface area (Å²) in [6, 6.07) is 0. The Labute approximate surface area is 50.1 Å². The second-order valence-corrected chi connectivity index (χ2v) is 1.41. The molecule has 0 unspecified atom stereocenters. The molecule has 0 amide bonds. The molecule has 48 valence electrons. The Morgan fingerprint density at radius 1 is 1.78 bits per heavy atom. The third-order valence-electron chi connectivity index (χ3n) is 0.685. The van der Waals surface area contributed by atoms with E-state index < -0.39 is 6.09 Å². The lowest BCUT2D eigenvalue weighted by Gasteiger charge is -1.81. The van der Waals surface area contributed by atoms with Crippen LogP contribution in [0.25, 0.3) is 0 Å². The number of carbonyl (C=O) groups is 1. The summed E-state index contributed by atoms with van der Waals surface area (Å²) in [5.41, 5.74) is 0. The summed E-state index contributed by atoms with van der Waals surface area (Å²) in [6.07, 6.45) is -1.23. The minimum atomic E-state index is -1.23. The van der Waals surface area contributed by atoms with Gasteiger partial charge in [0.1, 0.15) is 0 Å². The first kappa shape index (κ1) is 5.67. The molecule has 0 spiro atoms. The fourth-order valence-electron chi connectivity index (χ4n) is 0.365. The van der Waals surface area contributed by atoms with Crippen LogP contribution in [0.5, 0.6) is 0 Å². The molecule has 1 rings (SSSR count). The number of aromatic nitrogens is 4. The Bertz CT molecular complexity index is 229. The average molecular weight is 128 g/mol. The maximum absolute atomic E-state index is 10.0. The Morgan fingerprint density at radius 3 is 2.67 bits per heavy atom. The van der Waals surface area contributed by atoms with E-state index in [9.17, 15) is 4.79 Å². The topological polar surface area (TPSA) is 80.9 Å². The molecule has 1 aromatic heterocycles. The number of hydrogen-bond donors (Lipinski definition) is 1. The van der Waals surface area contributed by atoms with Gasteiger partial charge in [-0.05, 0) is 12.1 Å². The molecule has 1 heterocycles. The fourth-order valence-corrected chi connectivity index (χ4v) is 0.365. The molecule has 6 heteroatoms. The van der Waals surface area contributed by atoms with Crippen molar-refractivity contribution in [3.05, 3.63) is 5.82 Å². The largest absolute Gasteiger partial charge is 0.462 e. The van der Waals surface area contributed by atoms with Gasteiger partial charge in [-0.15, -0.1) is 10.2 Å². The van der Waals surface area contributed by atoms with Gasteiger partial charge < -0.3 is 5.11 Å². The zero-order valence-corrected chi connectivity index (χ0v) is 4.64. The van der Waals surface area contributed by atoms with Crippen LogP contribution in [0, 0.1) is 6.92 Å². The van der Waals surface area contributed by atoms with Crippen LogP contribution in [-0.2, 0) is 0 Å². The van der Waals surface area contributed by atoms with Gasteiger partial charge in [-0.1, -0.05) is 4.80 Å². The van der Waals surface area contributed by atoms with Gasteiger partial charge in [0.25, 0.3) is 0 Å². The Kier molecular flexibility index (Phi) is 1.14. The van der Waals surface area contributed by atoms with Crippen LogP contribution in [0.3, 0.4) is 0 Å². The van der Waals surface area contributed by atoms with Crippen LogP contribution in [-0.4, -0.2) is 31.4 Å². The van der Waals surface area contributed by atoms with Crippen molar-refractivity contribution >= 4 is 6.09 Å². The van der Waals surface area contributed by atoms with Crippen molar-refractivity contribution in [3.63, 3.8) is 0 Å². The van der Waals surface area contributed by atoms with Gasteiger partial charge in [0, 0.05) is 0 Å². The van der Waals surface area contributed by atoms with Crippen molar-refractivity contribution in [2.45, 2.75) is 6.92 Å². The standard InChI is InChI=1S/C3H4N4O2/c1-2-4-6-7(5-2)3(8)9/h1H3,(H,8,9). The summed E-state index contributed by atoms with van der Waals surface area (Å²) in [7, 11) is 0. The highest BCUT2D eigenvalue weighted by molar-refractivity contribution is 5.64. The molecular formula is C3H4N4O2. The van der Waals surface area contributed by atoms with Gasteiger partial charge in [-0.3, -0.25) is 0 Å². The molecule has 9 heavy (non-hydrogen) atoms. The smallest absolute Gasteiger partial charge is 0.451 e. The molecule has 0 aliphatic carbocycles. The van der Waals surface area contributed by atoms with Gasteiger partial charge in [-0.2, -0.15) is 0 Å². The molecule has 1 aromatic rings. The van der Waals surface area contributed by atoms with Gasteiger partial charge in [-0.25, -0.2) is 4.79 Å². The molecule has 0 fully saturated rings. The summed E-state index contributed by atoms with van der Waals surface area (Å²) in [6.45, 7) is 1.56. The van der Waals surface area contributed by atoms with Crippen LogP contribution in [0.4, 0.5) is 4.79 Å².